The van der Waals surface area contributed by atoms with Crippen LogP contribution in [0.4, 0.5) is 0 Å². The molecule has 8 rings (SSSR count). The van der Waals surface area contributed by atoms with Gasteiger partial charge in [0.2, 0.25) is 0 Å². The number of hydrogen-bond acceptors (Lipinski definition) is 2. The van der Waals surface area contributed by atoms with E-state index in [4.69, 9.17) is 4.98 Å². The van der Waals surface area contributed by atoms with E-state index < -0.39 is 0 Å². The van der Waals surface area contributed by atoms with Crippen molar-refractivity contribution in [2.45, 2.75) is 19.3 Å². The van der Waals surface area contributed by atoms with E-state index in [0.717, 1.165) is 10.6 Å². The van der Waals surface area contributed by atoms with Gasteiger partial charge >= 0.3 is 0 Å². The summed E-state index contributed by atoms with van der Waals surface area (Å²) in [6.07, 6.45) is 0. The second-order valence-electron chi connectivity index (χ2n) is 10.0. The first-order chi connectivity index (χ1) is 17.1. The van der Waals surface area contributed by atoms with E-state index in [1.807, 2.05) is 0 Å². The Hall–Kier alpha value is -3.95. The van der Waals surface area contributed by atoms with Crippen molar-refractivity contribution < 1.29 is 0 Å². The lowest BCUT2D eigenvalue weighted by atomic mass is 9.82. The Morgan fingerprint density at radius 1 is 0.657 bits per heavy atom. The maximum Gasteiger partial charge on any atom is 0.195 e. The molecule has 2 aromatic heterocycles. The molecule has 0 bridgehead atoms. The predicted octanol–water partition coefficient (Wildman–Crippen LogP) is 8.85. The Bertz CT molecular complexity index is 1950. The Kier molecular flexibility index (Phi) is 3.64. The molecule has 0 saturated carbocycles. The quantitative estimate of drug-likeness (QED) is 0.236. The van der Waals surface area contributed by atoms with Gasteiger partial charge in [-0.1, -0.05) is 98.0 Å². The molecule has 0 aliphatic heterocycles. The molecule has 166 valence electrons. The second kappa shape index (κ2) is 6.59. The number of aromatic nitrogens is 2. The number of fused-ring (bicyclic) bond motifs is 10. The lowest BCUT2D eigenvalue weighted by Crippen LogP contribution is -2.14. The summed E-state index contributed by atoms with van der Waals surface area (Å²) >= 11 is 1.76. The molecule has 0 N–H and O–H groups in total. The summed E-state index contributed by atoms with van der Waals surface area (Å²) in [5.41, 5.74) is 9.02. The topological polar surface area (TPSA) is 17.8 Å². The van der Waals surface area contributed by atoms with Gasteiger partial charge < -0.3 is 0 Å². The number of nitrogens with zero attached hydrogens (tertiary/aromatic N) is 2. The van der Waals surface area contributed by atoms with Gasteiger partial charge in [0, 0.05) is 16.2 Å². The smallest absolute Gasteiger partial charge is 0.195 e. The van der Waals surface area contributed by atoms with Crippen LogP contribution < -0.4 is 0 Å². The van der Waals surface area contributed by atoms with Crippen LogP contribution in [0.5, 0.6) is 0 Å². The molecular weight excluding hydrogens is 444 g/mol. The minimum atomic E-state index is -0.0536. The van der Waals surface area contributed by atoms with Crippen LogP contribution >= 0.6 is 11.3 Å². The standard InChI is InChI=1S/C32H22N2S/c1-32(2)22-16-15-19-9-3-4-10-20(19)28(22)30-23(32)17-18-26-29(30)21-11-5-7-13-25(21)34(26)31-33-24-12-6-8-14-27(24)35-31/h3-18H,1-2H3. The number of benzene rings is 5. The van der Waals surface area contributed by atoms with Crippen molar-refractivity contribution >= 4 is 54.1 Å². The van der Waals surface area contributed by atoms with Gasteiger partial charge in [0.1, 0.15) is 0 Å². The Morgan fingerprint density at radius 3 is 2.26 bits per heavy atom. The highest BCUT2D eigenvalue weighted by molar-refractivity contribution is 7.20. The van der Waals surface area contributed by atoms with Crippen LogP contribution in [0.2, 0.25) is 0 Å². The molecular formula is C32H22N2S. The van der Waals surface area contributed by atoms with Crippen LogP contribution in [0.25, 0.3) is 59.1 Å². The van der Waals surface area contributed by atoms with Gasteiger partial charge in [0.15, 0.2) is 5.13 Å². The molecule has 0 fully saturated rings. The normalized spacial score (nSPS) is 14.2. The van der Waals surface area contributed by atoms with Gasteiger partial charge in [-0.15, -0.1) is 0 Å². The molecule has 35 heavy (non-hydrogen) atoms. The summed E-state index contributed by atoms with van der Waals surface area (Å²) in [6, 6.07) is 35.3. The van der Waals surface area contributed by atoms with Gasteiger partial charge in [-0.2, -0.15) is 0 Å². The number of para-hydroxylation sites is 2. The fraction of sp³-hybridized carbons (Fsp3) is 0.0938. The molecule has 2 nitrogen and oxygen atoms in total. The first-order valence-electron chi connectivity index (χ1n) is 12.1. The van der Waals surface area contributed by atoms with Crippen LogP contribution in [0, 0.1) is 0 Å². The summed E-state index contributed by atoms with van der Waals surface area (Å²) in [6.45, 7) is 4.73. The SMILES string of the molecule is CC1(C)c2ccc3ccccc3c2-c2c1ccc1c2c2ccccc2n1-c1nc2ccccc2s1. The summed E-state index contributed by atoms with van der Waals surface area (Å²) in [4.78, 5) is 5.05. The zero-order valence-corrected chi connectivity index (χ0v) is 20.4. The molecule has 0 saturated heterocycles. The largest absolute Gasteiger partial charge is 0.285 e. The molecule has 7 aromatic rings. The van der Waals surface area contributed by atoms with Gasteiger partial charge in [-0.3, -0.25) is 4.57 Å². The lowest BCUT2D eigenvalue weighted by Gasteiger charge is -2.21. The number of rotatable bonds is 1. The van der Waals surface area contributed by atoms with E-state index >= 15 is 0 Å². The molecule has 1 aliphatic carbocycles. The average molecular weight is 467 g/mol. The van der Waals surface area contributed by atoms with Crippen LogP contribution in [0.3, 0.4) is 0 Å². The van der Waals surface area contributed by atoms with Crippen molar-refractivity contribution in [2.24, 2.45) is 0 Å². The molecule has 2 heterocycles. The fourth-order valence-electron chi connectivity index (χ4n) is 6.21. The molecule has 5 aromatic carbocycles. The second-order valence-corrected chi connectivity index (χ2v) is 11.0. The van der Waals surface area contributed by atoms with Gasteiger partial charge in [-0.05, 0) is 57.3 Å². The van der Waals surface area contributed by atoms with E-state index in [1.54, 1.807) is 11.3 Å². The monoisotopic (exact) mass is 466 g/mol. The Balaban J connectivity index is 1.58. The molecule has 1 aliphatic rings. The molecule has 0 spiro atoms. The van der Waals surface area contributed by atoms with Crippen LogP contribution in [0.1, 0.15) is 25.0 Å². The Morgan fingerprint density at radius 2 is 1.37 bits per heavy atom. The highest BCUT2D eigenvalue weighted by atomic mass is 32.1. The van der Waals surface area contributed by atoms with Crippen molar-refractivity contribution in [3.8, 4) is 16.3 Å². The lowest BCUT2D eigenvalue weighted by molar-refractivity contribution is 0.661. The highest BCUT2D eigenvalue weighted by Gasteiger charge is 2.38. The van der Waals surface area contributed by atoms with Crippen LogP contribution in [0.15, 0.2) is 97.1 Å². The van der Waals surface area contributed by atoms with E-state index in [0.29, 0.717) is 0 Å². The summed E-state index contributed by atoms with van der Waals surface area (Å²) in [5, 5.41) is 6.27. The summed E-state index contributed by atoms with van der Waals surface area (Å²) in [7, 11) is 0. The van der Waals surface area contributed by atoms with E-state index in [1.165, 1.54) is 59.5 Å². The van der Waals surface area contributed by atoms with Crippen LogP contribution in [-0.4, -0.2) is 9.55 Å². The fourth-order valence-corrected chi connectivity index (χ4v) is 7.20. The zero-order valence-electron chi connectivity index (χ0n) is 19.5. The third kappa shape index (κ3) is 2.41. The third-order valence-corrected chi connectivity index (χ3v) is 8.86. The van der Waals surface area contributed by atoms with E-state index in [9.17, 15) is 0 Å². The van der Waals surface area contributed by atoms with Crippen molar-refractivity contribution in [1.29, 1.82) is 0 Å². The minimum Gasteiger partial charge on any atom is -0.285 e. The van der Waals surface area contributed by atoms with Crippen molar-refractivity contribution in [2.75, 3.05) is 0 Å². The van der Waals surface area contributed by atoms with Gasteiger partial charge in [0.05, 0.1) is 21.3 Å². The van der Waals surface area contributed by atoms with Crippen molar-refractivity contribution in [1.82, 2.24) is 9.55 Å². The molecule has 0 atom stereocenters. The summed E-state index contributed by atoms with van der Waals surface area (Å²) < 4.78 is 3.58. The Labute approximate surface area is 207 Å². The minimum absolute atomic E-state index is 0.0536. The third-order valence-electron chi connectivity index (χ3n) is 7.84. The van der Waals surface area contributed by atoms with E-state index in [-0.39, 0.29) is 5.41 Å². The maximum atomic E-state index is 5.05. The average Bonchev–Trinajstić information content (AvgIpc) is 3.52. The summed E-state index contributed by atoms with van der Waals surface area (Å²) in [5.74, 6) is 0. The molecule has 0 amide bonds. The van der Waals surface area contributed by atoms with Gasteiger partial charge in [-0.25, -0.2) is 4.98 Å². The number of hydrogen-bond donors (Lipinski definition) is 0. The zero-order chi connectivity index (χ0) is 23.3. The van der Waals surface area contributed by atoms with Crippen LogP contribution in [-0.2, 0) is 5.41 Å². The highest BCUT2D eigenvalue weighted by Crippen LogP contribution is 2.55. The molecule has 0 unspecified atom stereocenters. The van der Waals surface area contributed by atoms with Crippen molar-refractivity contribution in [3.05, 3.63) is 108 Å². The first kappa shape index (κ1) is 19.4. The first-order valence-corrected chi connectivity index (χ1v) is 12.9. The number of thiazole rings is 1. The predicted molar refractivity (Wildman–Crippen MR) is 149 cm³/mol. The van der Waals surface area contributed by atoms with Gasteiger partial charge in [0.25, 0.3) is 0 Å². The van der Waals surface area contributed by atoms with E-state index in [2.05, 4.69) is 115 Å². The molecule has 0 radical (unpaired) electrons. The maximum absolute atomic E-state index is 5.05. The molecule has 3 heteroatoms. The van der Waals surface area contributed by atoms with Crippen molar-refractivity contribution in [3.63, 3.8) is 0 Å².